The SMILES string of the molecule is Cc1cc(C#N)ccc1S(=O)(=O)Oc1ccccc1C(F)(F)F. The number of hydrogen-bond acceptors (Lipinski definition) is 4. The van der Waals surface area contributed by atoms with Gasteiger partial charge in [0.2, 0.25) is 0 Å². The molecule has 8 heteroatoms. The summed E-state index contributed by atoms with van der Waals surface area (Å²) in [6, 6.07) is 9.56. The Kier molecular flexibility index (Phi) is 4.34. The van der Waals surface area contributed by atoms with E-state index in [4.69, 9.17) is 5.26 Å². The van der Waals surface area contributed by atoms with Crippen molar-refractivity contribution in [2.24, 2.45) is 0 Å². The lowest BCUT2D eigenvalue weighted by Crippen LogP contribution is -2.15. The van der Waals surface area contributed by atoms with E-state index < -0.39 is 27.6 Å². The average Bonchev–Trinajstić information content (AvgIpc) is 2.45. The summed E-state index contributed by atoms with van der Waals surface area (Å²) in [5, 5.41) is 8.76. The maximum atomic E-state index is 12.9. The van der Waals surface area contributed by atoms with E-state index in [0.29, 0.717) is 0 Å². The van der Waals surface area contributed by atoms with E-state index in [1.165, 1.54) is 25.1 Å². The minimum atomic E-state index is -4.74. The standard InChI is InChI=1S/C15H10F3NO3S/c1-10-8-11(9-19)6-7-14(10)23(20,21)22-13-5-3-2-4-12(13)15(16,17)18/h2-8H,1H3. The molecule has 0 unspecified atom stereocenters. The number of nitrogens with zero attached hydrogens (tertiary/aromatic N) is 1. The van der Waals surface area contributed by atoms with Crippen LogP contribution in [0.3, 0.4) is 0 Å². The molecule has 2 aromatic rings. The maximum absolute atomic E-state index is 12.9. The number of alkyl halides is 3. The summed E-state index contributed by atoms with van der Waals surface area (Å²) in [5.41, 5.74) is -0.749. The Morgan fingerprint density at radius 3 is 2.35 bits per heavy atom. The molecule has 0 spiro atoms. The number of rotatable bonds is 3. The van der Waals surface area contributed by atoms with E-state index in [1.54, 1.807) is 0 Å². The van der Waals surface area contributed by atoms with Crippen molar-refractivity contribution in [2.75, 3.05) is 0 Å². The first-order valence-electron chi connectivity index (χ1n) is 6.26. The van der Waals surface area contributed by atoms with Crippen LogP contribution in [0.1, 0.15) is 16.7 Å². The molecule has 0 radical (unpaired) electrons. The first-order valence-corrected chi connectivity index (χ1v) is 7.67. The third-order valence-corrected chi connectivity index (χ3v) is 4.36. The van der Waals surface area contributed by atoms with Gasteiger partial charge >= 0.3 is 16.3 Å². The highest BCUT2D eigenvalue weighted by atomic mass is 32.2. The fourth-order valence-electron chi connectivity index (χ4n) is 1.94. The molecular formula is C15H10F3NO3S. The molecule has 0 bridgehead atoms. The maximum Gasteiger partial charge on any atom is 0.420 e. The molecule has 0 atom stereocenters. The van der Waals surface area contributed by atoms with Gasteiger partial charge in [-0.25, -0.2) is 0 Å². The van der Waals surface area contributed by atoms with Gasteiger partial charge in [0.1, 0.15) is 4.90 Å². The van der Waals surface area contributed by atoms with Crippen molar-refractivity contribution in [1.82, 2.24) is 0 Å². The molecule has 0 aliphatic rings. The van der Waals surface area contributed by atoms with Crippen molar-refractivity contribution < 1.29 is 25.8 Å². The van der Waals surface area contributed by atoms with Crippen LogP contribution in [0.2, 0.25) is 0 Å². The second kappa shape index (κ2) is 5.93. The molecule has 0 aliphatic carbocycles. The highest BCUT2D eigenvalue weighted by molar-refractivity contribution is 7.87. The molecule has 23 heavy (non-hydrogen) atoms. The van der Waals surface area contributed by atoms with Gasteiger partial charge in [-0.3, -0.25) is 0 Å². The summed E-state index contributed by atoms with van der Waals surface area (Å²) < 4.78 is 67.8. The highest BCUT2D eigenvalue weighted by Gasteiger charge is 2.35. The van der Waals surface area contributed by atoms with E-state index >= 15 is 0 Å². The van der Waals surface area contributed by atoms with Crippen LogP contribution >= 0.6 is 0 Å². The molecule has 2 rings (SSSR count). The van der Waals surface area contributed by atoms with Crippen LogP contribution in [-0.4, -0.2) is 8.42 Å². The van der Waals surface area contributed by atoms with Crippen molar-refractivity contribution in [3.8, 4) is 11.8 Å². The summed E-state index contributed by atoms with van der Waals surface area (Å²) in [5.74, 6) is -0.802. The zero-order chi connectivity index (χ0) is 17.3. The fraction of sp³-hybridized carbons (Fsp3) is 0.133. The smallest absolute Gasteiger partial charge is 0.378 e. The van der Waals surface area contributed by atoms with Gasteiger partial charge in [0, 0.05) is 0 Å². The lowest BCUT2D eigenvalue weighted by Gasteiger charge is -2.14. The van der Waals surface area contributed by atoms with E-state index in [-0.39, 0.29) is 16.0 Å². The van der Waals surface area contributed by atoms with Crippen molar-refractivity contribution in [3.05, 3.63) is 59.2 Å². The van der Waals surface area contributed by atoms with Crippen LogP contribution in [0.15, 0.2) is 47.4 Å². The molecule has 0 fully saturated rings. The molecule has 0 N–H and O–H groups in total. The van der Waals surface area contributed by atoms with Gasteiger partial charge in [-0.15, -0.1) is 0 Å². The van der Waals surface area contributed by atoms with Gasteiger partial charge in [0.15, 0.2) is 5.75 Å². The zero-order valence-electron chi connectivity index (χ0n) is 11.8. The summed E-state index contributed by atoms with van der Waals surface area (Å²) >= 11 is 0. The van der Waals surface area contributed by atoms with Crippen LogP contribution < -0.4 is 4.18 Å². The number of hydrogen-bond donors (Lipinski definition) is 0. The van der Waals surface area contributed by atoms with Crippen LogP contribution in [-0.2, 0) is 16.3 Å². The summed E-state index contributed by atoms with van der Waals surface area (Å²) in [6.07, 6.45) is -4.74. The number of nitriles is 1. The number of halogens is 3. The Hall–Kier alpha value is -2.53. The lowest BCUT2D eigenvalue weighted by molar-refractivity contribution is -0.138. The van der Waals surface area contributed by atoms with Crippen molar-refractivity contribution >= 4 is 10.1 Å². The number of benzene rings is 2. The summed E-state index contributed by atoms with van der Waals surface area (Å²) in [6.45, 7) is 1.42. The lowest BCUT2D eigenvalue weighted by atomic mass is 10.2. The van der Waals surface area contributed by atoms with Crippen molar-refractivity contribution in [3.63, 3.8) is 0 Å². The highest BCUT2D eigenvalue weighted by Crippen LogP contribution is 2.37. The molecule has 0 aromatic heterocycles. The zero-order valence-corrected chi connectivity index (χ0v) is 12.6. The van der Waals surface area contributed by atoms with E-state index in [9.17, 15) is 21.6 Å². The minimum Gasteiger partial charge on any atom is -0.378 e. The molecule has 0 aliphatic heterocycles. The third kappa shape index (κ3) is 3.63. The van der Waals surface area contributed by atoms with Crippen LogP contribution in [0.25, 0.3) is 0 Å². The first-order chi connectivity index (χ1) is 10.6. The van der Waals surface area contributed by atoms with Crippen LogP contribution in [0, 0.1) is 18.3 Å². The first kappa shape index (κ1) is 16.8. The summed E-state index contributed by atoms with van der Waals surface area (Å²) in [4.78, 5) is -0.298. The minimum absolute atomic E-state index is 0.202. The second-order valence-electron chi connectivity index (χ2n) is 4.62. The second-order valence-corrected chi connectivity index (χ2v) is 6.14. The quantitative estimate of drug-likeness (QED) is 0.799. The monoisotopic (exact) mass is 341 g/mol. The topological polar surface area (TPSA) is 67.2 Å². The molecule has 0 saturated carbocycles. The van der Waals surface area contributed by atoms with E-state index in [0.717, 1.165) is 24.3 Å². The third-order valence-electron chi connectivity index (χ3n) is 2.97. The van der Waals surface area contributed by atoms with Crippen LogP contribution in [0.5, 0.6) is 5.75 Å². The molecule has 0 heterocycles. The summed E-state index contributed by atoms with van der Waals surface area (Å²) in [7, 11) is -4.46. The number of aryl methyl sites for hydroxylation is 1. The predicted molar refractivity (Wildman–Crippen MR) is 75.2 cm³/mol. The molecular weight excluding hydrogens is 331 g/mol. The molecule has 0 saturated heterocycles. The van der Waals surface area contributed by atoms with Gasteiger partial charge in [0.05, 0.1) is 17.2 Å². The van der Waals surface area contributed by atoms with E-state index in [2.05, 4.69) is 4.18 Å². The van der Waals surface area contributed by atoms with Gasteiger partial charge in [0.25, 0.3) is 0 Å². The van der Waals surface area contributed by atoms with Crippen molar-refractivity contribution in [1.29, 1.82) is 5.26 Å². The molecule has 0 amide bonds. The van der Waals surface area contributed by atoms with Crippen LogP contribution in [0.4, 0.5) is 13.2 Å². The normalized spacial score (nSPS) is 11.8. The molecule has 2 aromatic carbocycles. The predicted octanol–water partition coefficient (Wildman–Crippen LogP) is 3.65. The molecule has 120 valence electrons. The average molecular weight is 341 g/mol. The van der Waals surface area contributed by atoms with Gasteiger partial charge in [-0.2, -0.15) is 26.9 Å². The largest absolute Gasteiger partial charge is 0.420 e. The van der Waals surface area contributed by atoms with Gasteiger partial charge in [-0.05, 0) is 42.8 Å². The Labute approximate surface area is 130 Å². The molecule has 4 nitrogen and oxygen atoms in total. The Morgan fingerprint density at radius 2 is 1.78 bits per heavy atom. The number of para-hydroxylation sites is 1. The Balaban J connectivity index is 2.47. The van der Waals surface area contributed by atoms with Gasteiger partial charge in [-0.1, -0.05) is 12.1 Å². The van der Waals surface area contributed by atoms with Crippen molar-refractivity contribution in [2.45, 2.75) is 18.0 Å². The Morgan fingerprint density at radius 1 is 1.13 bits per heavy atom. The fourth-order valence-corrected chi connectivity index (χ4v) is 3.10. The Bertz CT molecular complexity index is 884. The van der Waals surface area contributed by atoms with E-state index in [1.807, 2.05) is 6.07 Å². The van der Waals surface area contributed by atoms with Gasteiger partial charge < -0.3 is 4.18 Å².